The molecule has 0 saturated carbocycles. The van der Waals surface area contributed by atoms with Crippen molar-refractivity contribution in [3.63, 3.8) is 0 Å². The topological polar surface area (TPSA) is 65.1 Å². The van der Waals surface area contributed by atoms with Crippen molar-refractivity contribution < 1.29 is 9.90 Å². The Balaban J connectivity index is 1.95. The summed E-state index contributed by atoms with van der Waals surface area (Å²) in [4.78, 5) is 14.6. The van der Waals surface area contributed by atoms with Crippen LogP contribution in [0.15, 0.2) is 54.6 Å². The highest BCUT2D eigenvalue weighted by Gasteiger charge is 2.17. The van der Waals surface area contributed by atoms with E-state index in [2.05, 4.69) is 10.3 Å². The van der Waals surface area contributed by atoms with Gasteiger partial charge in [0.05, 0.1) is 0 Å². The largest absolute Gasteiger partial charge is 0.478 e. The Morgan fingerprint density at radius 2 is 1.75 bits per heavy atom. The van der Waals surface area contributed by atoms with Gasteiger partial charge in [0, 0.05) is 17.4 Å². The fourth-order valence-electron chi connectivity index (χ4n) is 2.28. The van der Waals surface area contributed by atoms with Gasteiger partial charge < -0.3 is 15.4 Å². The maximum Gasteiger partial charge on any atom is 0.340 e. The van der Waals surface area contributed by atoms with E-state index in [-0.39, 0.29) is 5.56 Å². The fraction of sp³-hybridized carbons (Fsp3) is 0.0625. The van der Waals surface area contributed by atoms with Crippen molar-refractivity contribution in [2.45, 2.75) is 6.54 Å². The van der Waals surface area contributed by atoms with Gasteiger partial charge in [0.15, 0.2) is 0 Å². The maximum absolute atomic E-state index is 11.4. The summed E-state index contributed by atoms with van der Waals surface area (Å²) in [5.41, 5.74) is 2.21. The number of carbonyl (C=O) groups is 1. The molecule has 0 saturated heterocycles. The van der Waals surface area contributed by atoms with E-state index in [1.54, 1.807) is 0 Å². The monoisotopic (exact) mass is 266 g/mol. The minimum absolute atomic E-state index is 0.288. The van der Waals surface area contributed by atoms with Gasteiger partial charge >= 0.3 is 5.97 Å². The second kappa shape index (κ2) is 5.09. The van der Waals surface area contributed by atoms with Crippen LogP contribution in [0.5, 0.6) is 0 Å². The van der Waals surface area contributed by atoms with Gasteiger partial charge in [-0.2, -0.15) is 0 Å². The van der Waals surface area contributed by atoms with Crippen LogP contribution in [0.3, 0.4) is 0 Å². The van der Waals surface area contributed by atoms with E-state index >= 15 is 0 Å². The van der Waals surface area contributed by atoms with Gasteiger partial charge in [-0.15, -0.1) is 0 Å². The van der Waals surface area contributed by atoms with Crippen molar-refractivity contribution in [2.75, 3.05) is 5.32 Å². The number of carboxylic acid groups (broad SMARTS) is 1. The fourth-order valence-corrected chi connectivity index (χ4v) is 2.28. The molecular formula is C16H14N2O2. The second-order valence-electron chi connectivity index (χ2n) is 4.56. The van der Waals surface area contributed by atoms with Crippen molar-refractivity contribution in [1.29, 1.82) is 0 Å². The van der Waals surface area contributed by atoms with E-state index in [1.165, 1.54) is 0 Å². The van der Waals surface area contributed by atoms with Crippen LogP contribution in [0.25, 0.3) is 10.9 Å². The number of aromatic carboxylic acids is 1. The van der Waals surface area contributed by atoms with Crippen LogP contribution in [-0.2, 0) is 6.54 Å². The Morgan fingerprint density at radius 1 is 1.05 bits per heavy atom. The summed E-state index contributed by atoms with van der Waals surface area (Å²) in [6, 6.07) is 17.3. The molecule has 0 radical (unpaired) electrons. The first kappa shape index (κ1) is 12.3. The first-order chi connectivity index (χ1) is 9.75. The predicted octanol–water partition coefficient (Wildman–Crippen LogP) is 3.48. The number of rotatable bonds is 4. The number of H-pyrrole nitrogens is 1. The molecule has 20 heavy (non-hydrogen) atoms. The van der Waals surface area contributed by atoms with Crippen LogP contribution in [0, 0.1) is 0 Å². The van der Waals surface area contributed by atoms with Crippen LogP contribution >= 0.6 is 0 Å². The summed E-state index contributed by atoms with van der Waals surface area (Å²) in [7, 11) is 0. The smallest absolute Gasteiger partial charge is 0.340 e. The molecule has 0 bridgehead atoms. The third-order valence-corrected chi connectivity index (χ3v) is 3.23. The molecule has 0 atom stereocenters. The zero-order valence-electron chi connectivity index (χ0n) is 10.8. The zero-order valence-corrected chi connectivity index (χ0v) is 10.8. The first-order valence-corrected chi connectivity index (χ1v) is 6.37. The first-order valence-electron chi connectivity index (χ1n) is 6.37. The number of nitrogens with one attached hydrogen (secondary N) is 2. The molecule has 0 aliphatic heterocycles. The summed E-state index contributed by atoms with van der Waals surface area (Å²) < 4.78 is 0. The van der Waals surface area contributed by atoms with Crippen LogP contribution < -0.4 is 5.32 Å². The molecule has 0 unspecified atom stereocenters. The zero-order chi connectivity index (χ0) is 13.9. The molecule has 3 N–H and O–H groups in total. The molecule has 4 nitrogen and oxygen atoms in total. The van der Waals surface area contributed by atoms with E-state index in [1.807, 2.05) is 54.6 Å². The molecule has 0 fully saturated rings. The highest BCUT2D eigenvalue weighted by molar-refractivity contribution is 6.08. The Hall–Kier alpha value is -2.75. The lowest BCUT2D eigenvalue weighted by molar-refractivity contribution is 0.0700. The lowest BCUT2D eigenvalue weighted by Crippen LogP contribution is -2.05. The van der Waals surface area contributed by atoms with E-state index in [0.717, 1.165) is 16.5 Å². The lowest BCUT2D eigenvalue weighted by Gasteiger charge is -2.05. The molecule has 100 valence electrons. The van der Waals surface area contributed by atoms with Gasteiger partial charge in [-0.05, 0) is 11.6 Å². The van der Waals surface area contributed by atoms with E-state index < -0.39 is 5.97 Å². The quantitative estimate of drug-likeness (QED) is 0.677. The van der Waals surface area contributed by atoms with Crippen LogP contribution in [0.1, 0.15) is 15.9 Å². The lowest BCUT2D eigenvalue weighted by atomic mass is 10.1. The summed E-state index contributed by atoms with van der Waals surface area (Å²) in [6.07, 6.45) is 0. The Bertz CT molecular complexity index is 748. The summed E-state index contributed by atoms with van der Waals surface area (Å²) in [5.74, 6) is -0.388. The van der Waals surface area contributed by atoms with Crippen molar-refractivity contribution in [3.05, 3.63) is 65.7 Å². The number of fused-ring (bicyclic) bond motifs is 1. The molecule has 0 spiro atoms. The number of aromatic nitrogens is 1. The third-order valence-electron chi connectivity index (χ3n) is 3.23. The van der Waals surface area contributed by atoms with Gasteiger partial charge in [-0.25, -0.2) is 4.79 Å². The van der Waals surface area contributed by atoms with Gasteiger partial charge in [0.25, 0.3) is 0 Å². The van der Waals surface area contributed by atoms with Gasteiger partial charge in [0.1, 0.15) is 11.4 Å². The van der Waals surface area contributed by atoms with E-state index in [0.29, 0.717) is 12.4 Å². The average molecular weight is 266 g/mol. The van der Waals surface area contributed by atoms with Crippen molar-refractivity contribution in [3.8, 4) is 0 Å². The van der Waals surface area contributed by atoms with E-state index in [9.17, 15) is 9.90 Å². The molecule has 0 aliphatic carbocycles. The number of hydrogen-bond donors (Lipinski definition) is 3. The Labute approximate surface area is 116 Å². The van der Waals surface area contributed by atoms with Gasteiger partial charge in [-0.3, -0.25) is 0 Å². The van der Waals surface area contributed by atoms with Gasteiger partial charge in [-0.1, -0.05) is 48.5 Å². The summed E-state index contributed by atoms with van der Waals surface area (Å²) >= 11 is 0. The number of anilines is 1. The minimum Gasteiger partial charge on any atom is -0.478 e. The number of carboxylic acids is 1. The standard InChI is InChI=1S/C16H14N2O2/c19-16(20)14-12-8-4-5-9-13(12)18-15(14)17-10-11-6-2-1-3-7-11/h1-9,17-18H,10H2,(H,19,20). The van der Waals surface area contributed by atoms with E-state index in [4.69, 9.17) is 0 Å². The molecule has 3 aromatic rings. The van der Waals surface area contributed by atoms with Crippen molar-refractivity contribution in [1.82, 2.24) is 4.98 Å². The van der Waals surface area contributed by atoms with Crippen molar-refractivity contribution >= 4 is 22.7 Å². The predicted molar refractivity (Wildman–Crippen MR) is 79.0 cm³/mol. The molecular weight excluding hydrogens is 252 g/mol. The summed E-state index contributed by atoms with van der Waals surface area (Å²) in [5, 5.41) is 13.3. The third kappa shape index (κ3) is 2.23. The maximum atomic E-state index is 11.4. The molecule has 0 amide bonds. The molecule has 3 rings (SSSR count). The number of hydrogen-bond acceptors (Lipinski definition) is 2. The van der Waals surface area contributed by atoms with Crippen LogP contribution in [0.2, 0.25) is 0 Å². The minimum atomic E-state index is -0.932. The number of para-hydroxylation sites is 1. The number of benzene rings is 2. The normalized spacial score (nSPS) is 10.6. The van der Waals surface area contributed by atoms with Crippen LogP contribution in [-0.4, -0.2) is 16.1 Å². The SMILES string of the molecule is O=C(O)c1c(NCc2ccccc2)[nH]c2ccccc12. The molecule has 1 heterocycles. The average Bonchev–Trinajstić information content (AvgIpc) is 2.84. The van der Waals surface area contributed by atoms with Crippen LogP contribution in [0.4, 0.5) is 5.82 Å². The van der Waals surface area contributed by atoms with Gasteiger partial charge in [0.2, 0.25) is 0 Å². The second-order valence-corrected chi connectivity index (χ2v) is 4.56. The highest BCUT2D eigenvalue weighted by Crippen LogP contribution is 2.26. The Morgan fingerprint density at radius 3 is 2.50 bits per heavy atom. The molecule has 1 aromatic heterocycles. The molecule has 4 heteroatoms. The van der Waals surface area contributed by atoms with Crippen molar-refractivity contribution in [2.24, 2.45) is 0 Å². The highest BCUT2D eigenvalue weighted by atomic mass is 16.4. The number of aromatic amines is 1. The Kier molecular flexibility index (Phi) is 3.13. The molecule has 2 aromatic carbocycles. The summed E-state index contributed by atoms with van der Waals surface area (Å²) in [6.45, 7) is 0.577. The molecule has 0 aliphatic rings.